The van der Waals surface area contributed by atoms with Gasteiger partial charge in [0.15, 0.2) is 0 Å². The molecule has 0 unspecified atom stereocenters. The van der Waals surface area contributed by atoms with Crippen LogP contribution in [0.25, 0.3) is 0 Å². The minimum absolute atomic E-state index is 0.142. The lowest BCUT2D eigenvalue weighted by Gasteiger charge is -2.10. The van der Waals surface area contributed by atoms with Crippen molar-refractivity contribution in [2.75, 3.05) is 11.9 Å². The number of carbonyl (C=O) groups excluding carboxylic acids is 2. The number of nitrogens with one attached hydrogen (secondary N) is 2. The van der Waals surface area contributed by atoms with Crippen LogP contribution in [0, 0.1) is 6.92 Å². The van der Waals surface area contributed by atoms with Crippen LogP contribution in [0.3, 0.4) is 0 Å². The molecule has 5 heteroatoms. The van der Waals surface area contributed by atoms with Crippen LogP contribution < -0.4 is 10.6 Å². The second-order valence-corrected chi connectivity index (χ2v) is 6.43. The molecule has 0 aliphatic heterocycles. The molecular formula is C21H26N2O3. The van der Waals surface area contributed by atoms with Gasteiger partial charge in [0, 0.05) is 24.2 Å². The zero-order chi connectivity index (χ0) is 18.9. The number of rotatable bonds is 8. The smallest absolute Gasteiger partial charge is 0.251 e. The van der Waals surface area contributed by atoms with Crippen LogP contribution in [0.15, 0.2) is 48.5 Å². The lowest BCUT2D eigenvalue weighted by molar-refractivity contribution is -0.116. The van der Waals surface area contributed by atoms with Crippen molar-refractivity contribution in [3.63, 3.8) is 0 Å². The molecular weight excluding hydrogens is 328 g/mol. The average Bonchev–Trinajstić information content (AvgIpc) is 2.60. The van der Waals surface area contributed by atoms with Gasteiger partial charge in [-0.15, -0.1) is 0 Å². The third-order valence-electron chi connectivity index (χ3n) is 3.82. The summed E-state index contributed by atoms with van der Waals surface area (Å²) in [5.74, 6) is -0.305. The molecule has 2 aromatic carbocycles. The topological polar surface area (TPSA) is 67.4 Å². The van der Waals surface area contributed by atoms with Crippen molar-refractivity contribution in [1.82, 2.24) is 5.32 Å². The van der Waals surface area contributed by atoms with Crippen LogP contribution in [-0.4, -0.2) is 24.5 Å². The van der Waals surface area contributed by atoms with E-state index in [1.807, 2.05) is 63.2 Å². The van der Waals surface area contributed by atoms with E-state index in [-0.39, 0.29) is 30.9 Å². The number of amides is 2. The fourth-order valence-electron chi connectivity index (χ4n) is 2.44. The fraction of sp³-hybridized carbons (Fsp3) is 0.333. The van der Waals surface area contributed by atoms with Crippen molar-refractivity contribution >= 4 is 17.5 Å². The molecule has 0 spiro atoms. The Balaban J connectivity index is 1.79. The summed E-state index contributed by atoms with van der Waals surface area (Å²) in [5.41, 5.74) is 3.27. The highest BCUT2D eigenvalue weighted by atomic mass is 16.5. The Labute approximate surface area is 154 Å². The van der Waals surface area contributed by atoms with Crippen LogP contribution in [0.2, 0.25) is 0 Å². The molecule has 2 amide bonds. The fourth-order valence-corrected chi connectivity index (χ4v) is 2.44. The molecule has 0 radical (unpaired) electrons. The molecule has 0 saturated heterocycles. The van der Waals surface area contributed by atoms with Crippen LogP contribution in [0.5, 0.6) is 0 Å². The standard InChI is InChI=1S/C21H26N2O3/c1-15(2)26-14-17-8-6-9-18(13-17)23-20(24)11-12-22-21(25)19-10-5-4-7-16(19)3/h4-10,13,15H,11-12,14H2,1-3H3,(H,22,25)(H,23,24). The van der Waals surface area contributed by atoms with Gasteiger partial charge in [-0.05, 0) is 50.1 Å². The molecule has 0 aliphatic carbocycles. The van der Waals surface area contributed by atoms with E-state index >= 15 is 0 Å². The van der Waals surface area contributed by atoms with Gasteiger partial charge in [0.1, 0.15) is 0 Å². The van der Waals surface area contributed by atoms with Crippen molar-refractivity contribution < 1.29 is 14.3 Å². The average molecular weight is 354 g/mol. The van der Waals surface area contributed by atoms with E-state index in [1.54, 1.807) is 6.07 Å². The highest BCUT2D eigenvalue weighted by Gasteiger charge is 2.09. The Bertz CT molecular complexity index is 756. The van der Waals surface area contributed by atoms with Gasteiger partial charge < -0.3 is 15.4 Å². The molecule has 0 saturated carbocycles. The number of hydrogen-bond donors (Lipinski definition) is 2. The van der Waals surface area contributed by atoms with Crippen molar-refractivity contribution in [2.45, 2.75) is 39.9 Å². The molecule has 2 N–H and O–H groups in total. The van der Waals surface area contributed by atoms with Gasteiger partial charge in [-0.25, -0.2) is 0 Å². The minimum atomic E-state index is -0.163. The molecule has 26 heavy (non-hydrogen) atoms. The predicted molar refractivity (Wildman–Crippen MR) is 103 cm³/mol. The minimum Gasteiger partial charge on any atom is -0.374 e. The summed E-state index contributed by atoms with van der Waals surface area (Å²) in [4.78, 5) is 24.2. The number of aryl methyl sites for hydroxylation is 1. The molecule has 0 bridgehead atoms. The summed E-state index contributed by atoms with van der Waals surface area (Å²) in [7, 11) is 0. The van der Waals surface area contributed by atoms with Gasteiger partial charge in [0.25, 0.3) is 5.91 Å². The largest absolute Gasteiger partial charge is 0.374 e. The Hall–Kier alpha value is -2.66. The van der Waals surface area contributed by atoms with Gasteiger partial charge in [-0.3, -0.25) is 9.59 Å². The highest BCUT2D eigenvalue weighted by Crippen LogP contribution is 2.13. The monoisotopic (exact) mass is 354 g/mol. The van der Waals surface area contributed by atoms with E-state index < -0.39 is 0 Å². The number of anilines is 1. The van der Waals surface area contributed by atoms with Crippen LogP contribution in [0.4, 0.5) is 5.69 Å². The second-order valence-electron chi connectivity index (χ2n) is 6.43. The van der Waals surface area contributed by atoms with E-state index in [2.05, 4.69) is 10.6 Å². The third kappa shape index (κ3) is 6.33. The molecule has 0 aliphatic rings. The first-order chi connectivity index (χ1) is 12.5. The molecule has 138 valence electrons. The first-order valence-electron chi connectivity index (χ1n) is 8.80. The zero-order valence-electron chi connectivity index (χ0n) is 15.5. The Kier molecular flexibility index (Phi) is 7.36. The van der Waals surface area contributed by atoms with Crippen LogP contribution in [0.1, 0.15) is 41.8 Å². The first-order valence-corrected chi connectivity index (χ1v) is 8.80. The maximum Gasteiger partial charge on any atom is 0.251 e. The maximum absolute atomic E-state index is 12.1. The Morgan fingerprint density at radius 3 is 2.58 bits per heavy atom. The van der Waals surface area contributed by atoms with E-state index in [1.165, 1.54) is 0 Å². The molecule has 2 rings (SSSR count). The van der Waals surface area contributed by atoms with Crippen molar-refractivity contribution in [1.29, 1.82) is 0 Å². The van der Waals surface area contributed by atoms with E-state index in [0.29, 0.717) is 12.2 Å². The summed E-state index contributed by atoms with van der Waals surface area (Å²) < 4.78 is 5.57. The second kappa shape index (κ2) is 9.73. The van der Waals surface area contributed by atoms with Crippen molar-refractivity contribution in [3.8, 4) is 0 Å². The Morgan fingerprint density at radius 1 is 1.08 bits per heavy atom. The number of benzene rings is 2. The van der Waals surface area contributed by atoms with Crippen molar-refractivity contribution in [2.24, 2.45) is 0 Å². The van der Waals surface area contributed by atoms with Gasteiger partial charge in [0.05, 0.1) is 12.7 Å². The predicted octanol–water partition coefficient (Wildman–Crippen LogP) is 3.68. The zero-order valence-corrected chi connectivity index (χ0v) is 15.5. The molecule has 0 aromatic heterocycles. The van der Waals surface area contributed by atoms with Gasteiger partial charge >= 0.3 is 0 Å². The lowest BCUT2D eigenvalue weighted by atomic mass is 10.1. The number of carbonyl (C=O) groups is 2. The molecule has 0 fully saturated rings. The highest BCUT2D eigenvalue weighted by molar-refractivity contribution is 5.96. The first kappa shape index (κ1) is 19.7. The lowest BCUT2D eigenvalue weighted by Crippen LogP contribution is -2.28. The SMILES string of the molecule is Cc1ccccc1C(=O)NCCC(=O)Nc1cccc(COC(C)C)c1. The summed E-state index contributed by atoms with van der Waals surface area (Å²) >= 11 is 0. The van der Waals surface area contributed by atoms with Crippen LogP contribution >= 0.6 is 0 Å². The molecule has 0 atom stereocenters. The summed E-state index contributed by atoms with van der Waals surface area (Å²) in [6, 6.07) is 14.9. The van der Waals surface area contributed by atoms with Crippen molar-refractivity contribution in [3.05, 3.63) is 65.2 Å². The summed E-state index contributed by atoms with van der Waals surface area (Å²) in [6.45, 7) is 6.65. The van der Waals surface area contributed by atoms with E-state index in [9.17, 15) is 9.59 Å². The molecule has 0 heterocycles. The third-order valence-corrected chi connectivity index (χ3v) is 3.82. The summed E-state index contributed by atoms with van der Waals surface area (Å²) in [5, 5.41) is 5.63. The Morgan fingerprint density at radius 2 is 1.85 bits per heavy atom. The van der Waals surface area contributed by atoms with Gasteiger partial charge in [0.2, 0.25) is 5.91 Å². The van der Waals surface area contributed by atoms with Gasteiger partial charge in [-0.1, -0.05) is 30.3 Å². The molecule has 5 nitrogen and oxygen atoms in total. The maximum atomic E-state index is 12.1. The number of hydrogen-bond acceptors (Lipinski definition) is 3. The number of ether oxygens (including phenoxy) is 1. The van der Waals surface area contributed by atoms with E-state index in [4.69, 9.17) is 4.74 Å². The normalized spacial score (nSPS) is 10.6. The van der Waals surface area contributed by atoms with Crippen LogP contribution in [-0.2, 0) is 16.1 Å². The quantitative estimate of drug-likeness (QED) is 0.760. The van der Waals surface area contributed by atoms with E-state index in [0.717, 1.165) is 16.8 Å². The summed E-state index contributed by atoms with van der Waals surface area (Å²) in [6.07, 6.45) is 0.370. The van der Waals surface area contributed by atoms with Gasteiger partial charge in [-0.2, -0.15) is 0 Å². The molecule has 2 aromatic rings.